The number of para-hydroxylation sites is 2. The van der Waals surface area contributed by atoms with Crippen LogP contribution in [0.15, 0.2) is 54.6 Å². The Morgan fingerprint density at radius 3 is 2.35 bits per heavy atom. The van der Waals surface area contributed by atoms with Crippen LogP contribution in [0, 0.1) is 5.92 Å². The van der Waals surface area contributed by atoms with Crippen molar-refractivity contribution in [2.24, 2.45) is 5.92 Å². The molecule has 0 bridgehead atoms. The number of anilines is 2. The van der Waals surface area contributed by atoms with Crippen LogP contribution in [-0.2, 0) is 4.79 Å². The zero-order valence-corrected chi connectivity index (χ0v) is 15.3. The van der Waals surface area contributed by atoms with E-state index in [9.17, 15) is 4.79 Å². The molecule has 4 nitrogen and oxygen atoms in total. The van der Waals surface area contributed by atoms with Crippen LogP contribution >= 0.6 is 0 Å². The van der Waals surface area contributed by atoms with Gasteiger partial charge < -0.3 is 15.5 Å². The van der Waals surface area contributed by atoms with E-state index in [1.165, 1.54) is 5.56 Å². The van der Waals surface area contributed by atoms with Gasteiger partial charge in [0.2, 0.25) is 5.91 Å². The Bertz CT molecular complexity index is 753. The van der Waals surface area contributed by atoms with E-state index in [1.807, 2.05) is 36.4 Å². The highest BCUT2D eigenvalue weighted by Gasteiger charge is 2.43. The van der Waals surface area contributed by atoms with Crippen molar-refractivity contribution < 1.29 is 4.79 Å². The molecule has 1 heterocycles. The van der Waals surface area contributed by atoms with E-state index in [0.29, 0.717) is 12.0 Å². The molecule has 2 N–H and O–H groups in total. The number of nitrogens with zero attached hydrogens (tertiary/aromatic N) is 1. The maximum Gasteiger partial charge on any atom is 0.228 e. The highest BCUT2D eigenvalue weighted by molar-refractivity contribution is 5.97. The molecule has 0 aromatic heterocycles. The van der Waals surface area contributed by atoms with E-state index in [2.05, 4.69) is 40.8 Å². The molecule has 1 amide bonds. The number of piperidine rings is 1. The first-order valence-electron chi connectivity index (χ1n) is 9.60. The predicted octanol–water partition coefficient (Wildman–Crippen LogP) is 3.93. The fourth-order valence-electron chi connectivity index (χ4n) is 3.87. The highest BCUT2D eigenvalue weighted by atomic mass is 16.2. The fraction of sp³-hybridized carbons (Fsp3) is 0.409. The van der Waals surface area contributed by atoms with E-state index in [-0.39, 0.29) is 11.8 Å². The number of hydrogen-bond donors (Lipinski definition) is 2. The molecule has 1 aliphatic heterocycles. The molecule has 26 heavy (non-hydrogen) atoms. The molecule has 1 saturated heterocycles. The number of benzene rings is 2. The summed E-state index contributed by atoms with van der Waals surface area (Å²) in [6.07, 6.45) is 3.22. The van der Waals surface area contributed by atoms with Crippen LogP contribution in [0.4, 0.5) is 11.4 Å². The second kappa shape index (κ2) is 7.50. The molecule has 4 heteroatoms. The van der Waals surface area contributed by atoms with Crippen LogP contribution in [0.25, 0.3) is 0 Å². The zero-order chi connectivity index (χ0) is 17.9. The van der Waals surface area contributed by atoms with Gasteiger partial charge in [-0.3, -0.25) is 4.79 Å². The molecule has 2 fully saturated rings. The summed E-state index contributed by atoms with van der Waals surface area (Å²) < 4.78 is 0. The van der Waals surface area contributed by atoms with Crippen molar-refractivity contribution in [2.45, 2.75) is 31.2 Å². The molecule has 2 aromatic carbocycles. The molecule has 2 unspecified atom stereocenters. The molecular formula is C22H27N3O. The van der Waals surface area contributed by atoms with Gasteiger partial charge in [-0.15, -0.1) is 0 Å². The zero-order valence-electron chi connectivity index (χ0n) is 15.3. The minimum Gasteiger partial charge on any atom is -0.381 e. The lowest BCUT2D eigenvalue weighted by Crippen LogP contribution is -2.36. The van der Waals surface area contributed by atoms with Gasteiger partial charge in [0.1, 0.15) is 0 Å². The van der Waals surface area contributed by atoms with Gasteiger partial charge in [-0.05, 0) is 63.0 Å². The number of rotatable bonds is 5. The van der Waals surface area contributed by atoms with Crippen LogP contribution in [0.1, 0.15) is 30.7 Å². The SMILES string of the molecule is CN1CCC(Nc2ccccc2NC(=O)C2CC2c2ccccc2)CC1. The molecule has 0 spiro atoms. The maximum atomic E-state index is 12.7. The molecule has 2 atom stereocenters. The Balaban J connectivity index is 1.38. The molecule has 1 saturated carbocycles. The van der Waals surface area contributed by atoms with Gasteiger partial charge in [0.25, 0.3) is 0 Å². The first-order valence-corrected chi connectivity index (χ1v) is 9.60. The molecule has 1 aliphatic carbocycles. The summed E-state index contributed by atoms with van der Waals surface area (Å²) >= 11 is 0. The topological polar surface area (TPSA) is 44.4 Å². The van der Waals surface area contributed by atoms with Crippen molar-refractivity contribution >= 4 is 17.3 Å². The largest absolute Gasteiger partial charge is 0.381 e. The minimum atomic E-state index is 0.0915. The van der Waals surface area contributed by atoms with Gasteiger partial charge in [0.05, 0.1) is 11.4 Å². The normalized spacial score (nSPS) is 23.4. The second-order valence-corrected chi connectivity index (χ2v) is 7.62. The summed E-state index contributed by atoms with van der Waals surface area (Å²) in [6.45, 7) is 2.24. The van der Waals surface area contributed by atoms with Crippen LogP contribution in [0.5, 0.6) is 0 Å². The number of nitrogens with one attached hydrogen (secondary N) is 2. The van der Waals surface area contributed by atoms with Crippen LogP contribution in [-0.4, -0.2) is 37.0 Å². The molecule has 2 aliphatic rings. The van der Waals surface area contributed by atoms with Gasteiger partial charge in [0, 0.05) is 12.0 Å². The molecule has 0 radical (unpaired) electrons. The summed E-state index contributed by atoms with van der Waals surface area (Å²) in [5.74, 6) is 0.593. The van der Waals surface area contributed by atoms with Crippen molar-refractivity contribution in [1.82, 2.24) is 4.90 Å². The lowest BCUT2D eigenvalue weighted by atomic mass is 10.0. The average molecular weight is 349 g/mol. The summed E-state index contributed by atoms with van der Waals surface area (Å²) in [7, 11) is 2.17. The van der Waals surface area contributed by atoms with Crippen molar-refractivity contribution in [2.75, 3.05) is 30.8 Å². The minimum absolute atomic E-state index is 0.0915. The first-order chi connectivity index (χ1) is 12.7. The van der Waals surface area contributed by atoms with Crippen LogP contribution in [0.2, 0.25) is 0 Å². The van der Waals surface area contributed by atoms with Crippen molar-refractivity contribution in [3.05, 3.63) is 60.2 Å². The summed E-state index contributed by atoms with van der Waals surface area (Å²) in [5.41, 5.74) is 3.20. The predicted molar refractivity (Wildman–Crippen MR) is 107 cm³/mol. The van der Waals surface area contributed by atoms with E-state index < -0.39 is 0 Å². The molecule has 2 aromatic rings. The number of likely N-dealkylation sites (tertiary alicyclic amines) is 1. The average Bonchev–Trinajstić information content (AvgIpc) is 3.47. The Kier molecular flexibility index (Phi) is 4.93. The molecule has 4 rings (SSSR count). The number of hydrogen-bond acceptors (Lipinski definition) is 3. The number of carbonyl (C=O) groups is 1. The van der Waals surface area contributed by atoms with Gasteiger partial charge in [0.15, 0.2) is 0 Å². The van der Waals surface area contributed by atoms with Gasteiger partial charge in [-0.25, -0.2) is 0 Å². The summed E-state index contributed by atoms with van der Waals surface area (Å²) in [6, 6.07) is 18.9. The van der Waals surface area contributed by atoms with E-state index >= 15 is 0 Å². The Morgan fingerprint density at radius 1 is 0.962 bits per heavy atom. The third kappa shape index (κ3) is 3.91. The Hall–Kier alpha value is -2.33. The van der Waals surface area contributed by atoms with Crippen molar-refractivity contribution in [1.29, 1.82) is 0 Å². The summed E-state index contributed by atoms with van der Waals surface area (Å²) in [5, 5.41) is 6.79. The van der Waals surface area contributed by atoms with E-state index in [0.717, 1.165) is 43.7 Å². The molecular weight excluding hydrogens is 322 g/mol. The lowest BCUT2D eigenvalue weighted by Gasteiger charge is -2.30. The van der Waals surface area contributed by atoms with Gasteiger partial charge in [-0.1, -0.05) is 42.5 Å². The summed E-state index contributed by atoms with van der Waals surface area (Å²) in [4.78, 5) is 15.1. The van der Waals surface area contributed by atoms with E-state index in [1.54, 1.807) is 0 Å². The van der Waals surface area contributed by atoms with Gasteiger partial charge in [-0.2, -0.15) is 0 Å². The smallest absolute Gasteiger partial charge is 0.228 e. The van der Waals surface area contributed by atoms with Crippen LogP contribution < -0.4 is 10.6 Å². The van der Waals surface area contributed by atoms with Crippen molar-refractivity contribution in [3.63, 3.8) is 0 Å². The standard InChI is InChI=1S/C22H27N3O/c1-25-13-11-17(12-14-25)23-20-9-5-6-10-21(20)24-22(26)19-15-18(19)16-7-3-2-4-8-16/h2-10,17-19,23H,11-15H2,1H3,(H,24,26). The monoisotopic (exact) mass is 349 g/mol. The second-order valence-electron chi connectivity index (χ2n) is 7.62. The molecule has 136 valence electrons. The third-order valence-corrected chi connectivity index (χ3v) is 5.62. The Morgan fingerprint density at radius 2 is 1.62 bits per heavy atom. The van der Waals surface area contributed by atoms with Gasteiger partial charge >= 0.3 is 0 Å². The lowest BCUT2D eigenvalue weighted by molar-refractivity contribution is -0.117. The number of carbonyl (C=O) groups excluding carboxylic acids is 1. The maximum absolute atomic E-state index is 12.7. The van der Waals surface area contributed by atoms with Crippen LogP contribution in [0.3, 0.4) is 0 Å². The van der Waals surface area contributed by atoms with E-state index in [4.69, 9.17) is 0 Å². The quantitative estimate of drug-likeness (QED) is 0.859. The third-order valence-electron chi connectivity index (χ3n) is 5.62. The Labute approximate surface area is 155 Å². The van der Waals surface area contributed by atoms with Crippen molar-refractivity contribution in [3.8, 4) is 0 Å². The number of amides is 1. The first kappa shape index (κ1) is 17.1. The fourth-order valence-corrected chi connectivity index (χ4v) is 3.87. The highest BCUT2D eigenvalue weighted by Crippen LogP contribution is 2.48.